The van der Waals surface area contributed by atoms with Crippen LogP contribution in [0.15, 0.2) is 72.8 Å². The van der Waals surface area contributed by atoms with Gasteiger partial charge in [0.15, 0.2) is 0 Å². The maximum Gasteiger partial charge on any atom is 0.251 e. The summed E-state index contributed by atoms with van der Waals surface area (Å²) in [6, 6.07) is 23.0. The van der Waals surface area contributed by atoms with Crippen molar-refractivity contribution in [1.29, 1.82) is 0 Å². The smallest absolute Gasteiger partial charge is 0.251 e. The summed E-state index contributed by atoms with van der Waals surface area (Å²) in [4.78, 5) is 17.3. The number of carbonyl (C=O) groups excluding carboxylic acids is 1. The van der Waals surface area contributed by atoms with E-state index in [1.165, 1.54) is 0 Å². The van der Waals surface area contributed by atoms with Crippen LogP contribution in [0.1, 0.15) is 35.4 Å². The second kappa shape index (κ2) is 12.6. The van der Waals surface area contributed by atoms with Gasteiger partial charge in [-0.1, -0.05) is 18.2 Å². The molecule has 0 aliphatic carbocycles. The molecule has 7 heteroatoms. The van der Waals surface area contributed by atoms with Gasteiger partial charge in [0.2, 0.25) is 0 Å². The molecule has 4 aromatic rings. The van der Waals surface area contributed by atoms with Crippen LogP contribution in [0.2, 0.25) is 0 Å². The van der Waals surface area contributed by atoms with E-state index in [9.17, 15) is 4.79 Å². The van der Waals surface area contributed by atoms with Crippen LogP contribution in [-0.2, 0) is 13.0 Å². The maximum absolute atomic E-state index is 12.5. The molecule has 3 aromatic carbocycles. The Bertz CT molecular complexity index is 1270. The lowest BCUT2D eigenvalue weighted by molar-refractivity contribution is 0.0952. The lowest BCUT2D eigenvalue weighted by atomic mass is 10.2. The molecule has 0 saturated carbocycles. The first-order valence-corrected chi connectivity index (χ1v) is 12.3. The monoisotopic (exact) mass is 487 g/mol. The third-order valence-corrected chi connectivity index (χ3v) is 6.03. The van der Waals surface area contributed by atoms with Gasteiger partial charge in [0.1, 0.15) is 23.1 Å². The highest BCUT2D eigenvalue weighted by Gasteiger charge is 2.11. The summed E-state index contributed by atoms with van der Waals surface area (Å²) in [5.41, 5.74) is 2.74. The third kappa shape index (κ3) is 6.56. The number of fused-ring (bicyclic) bond motifs is 1. The van der Waals surface area contributed by atoms with Crippen molar-refractivity contribution in [2.75, 3.05) is 27.4 Å². The van der Waals surface area contributed by atoms with E-state index in [-0.39, 0.29) is 5.91 Å². The lowest BCUT2D eigenvalue weighted by Crippen LogP contribution is -2.25. The van der Waals surface area contributed by atoms with Gasteiger partial charge in [-0.15, -0.1) is 0 Å². The largest absolute Gasteiger partial charge is 0.497 e. The number of amides is 1. The summed E-state index contributed by atoms with van der Waals surface area (Å²) >= 11 is 0. The Morgan fingerprint density at radius 3 is 2.44 bits per heavy atom. The van der Waals surface area contributed by atoms with Crippen LogP contribution in [0, 0.1) is 0 Å². The van der Waals surface area contributed by atoms with Gasteiger partial charge in [0, 0.05) is 25.1 Å². The second-order valence-electron chi connectivity index (χ2n) is 8.49. The predicted octanol–water partition coefficient (Wildman–Crippen LogP) is 5.28. The molecule has 0 aliphatic rings. The van der Waals surface area contributed by atoms with E-state index in [0.717, 1.165) is 60.6 Å². The molecule has 36 heavy (non-hydrogen) atoms. The quantitative estimate of drug-likeness (QED) is 0.260. The zero-order chi connectivity index (χ0) is 25.2. The first-order valence-electron chi connectivity index (χ1n) is 12.3. The summed E-state index contributed by atoms with van der Waals surface area (Å²) in [5.74, 6) is 3.29. The average molecular weight is 488 g/mol. The molecule has 1 heterocycles. The van der Waals surface area contributed by atoms with Crippen molar-refractivity contribution in [3.05, 3.63) is 84.2 Å². The molecular weight excluding hydrogens is 454 g/mol. The van der Waals surface area contributed by atoms with Gasteiger partial charge < -0.3 is 24.1 Å². The molecule has 0 radical (unpaired) electrons. The number of rotatable bonds is 13. The molecular formula is C29H33N3O4. The normalized spacial score (nSPS) is 10.8. The highest BCUT2D eigenvalue weighted by Crippen LogP contribution is 2.20. The number of imidazole rings is 1. The number of para-hydroxylation sites is 2. The number of benzene rings is 3. The molecule has 0 bridgehead atoms. The SMILES string of the molecule is COc1ccc(OCCCCn2c(CCCNC(=O)c3cccc(OC)c3)nc3ccccc32)cc1. The van der Waals surface area contributed by atoms with Crippen molar-refractivity contribution < 1.29 is 19.0 Å². The fourth-order valence-electron chi connectivity index (χ4n) is 4.11. The van der Waals surface area contributed by atoms with Crippen molar-refractivity contribution in [2.45, 2.75) is 32.2 Å². The van der Waals surface area contributed by atoms with Crippen molar-refractivity contribution in [2.24, 2.45) is 0 Å². The molecule has 1 N–H and O–H groups in total. The number of unbranched alkanes of at least 4 members (excludes halogenated alkanes) is 1. The highest BCUT2D eigenvalue weighted by molar-refractivity contribution is 5.94. The minimum Gasteiger partial charge on any atom is -0.497 e. The van der Waals surface area contributed by atoms with E-state index in [0.29, 0.717) is 24.5 Å². The first kappa shape index (κ1) is 25.1. The lowest BCUT2D eigenvalue weighted by Gasteiger charge is -2.11. The Labute approximate surface area is 212 Å². The number of carbonyl (C=O) groups is 1. The van der Waals surface area contributed by atoms with Crippen LogP contribution in [0.5, 0.6) is 17.2 Å². The zero-order valence-electron chi connectivity index (χ0n) is 20.9. The summed E-state index contributed by atoms with van der Waals surface area (Å²) in [7, 11) is 3.25. The van der Waals surface area contributed by atoms with E-state index < -0.39 is 0 Å². The number of hydrogen-bond acceptors (Lipinski definition) is 5. The number of nitrogens with one attached hydrogen (secondary N) is 1. The second-order valence-corrected chi connectivity index (χ2v) is 8.49. The fraction of sp³-hybridized carbons (Fsp3) is 0.310. The van der Waals surface area contributed by atoms with Gasteiger partial charge in [0.05, 0.1) is 31.9 Å². The Morgan fingerprint density at radius 1 is 0.861 bits per heavy atom. The summed E-state index contributed by atoms with van der Waals surface area (Å²) in [5, 5.41) is 3.00. The fourth-order valence-corrected chi connectivity index (χ4v) is 4.11. The van der Waals surface area contributed by atoms with Gasteiger partial charge in [-0.3, -0.25) is 4.79 Å². The molecule has 0 saturated heterocycles. The van der Waals surface area contributed by atoms with Crippen molar-refractivity contribution >= 4 is 16.9 Å². The average Bonchev–Trinajstić information content (AvgIpc) is 3.28. The number of aryl methyl sites for hydroxylation is 2. The first-order chi connectivity index (χ1) is 17.7. The van der Waals surface area contributed by atoms with Gasteiger partial charge in [-0.2, -0.15) is 0 Å². The van der Waals surface area contributed by atoms with Crippen LogP contribution in [-0.4, -0.2) is 42.8 Å². The molecule has 0 fully saturated rings. The Morgan fingerprint density at radius 2 is 1.64 bits per heavy atom. The molecule has 0 aliphatic heterocycles. The zero-order valence-corrected chi connectivity index (χ0v) is 20.9. The molecule has 188 valence electrons. The number of nitrogens with zero attached hydrogens (tertiary/aromatic N) is 2. The summed E-state index contributed by atoms with van der Waals surface area (Å²) < 4.78 is 18.6. The van der Waals surface area contributed by atoms with Crippen LogP contribution in [0.3, 0.4) is 0 Å². The molecule has 7 nitrogen and oxygen atoms in total. The Hall–Kier alpha value is -4.00. The van der Waals surface area contributed by atoms with Gasteiger partial charge in [0.25, 0.3) is 5.91 Å². The number of aromatic nitrogens is 2. The predicted molar refractivity (Wildman–Crippen MR) is 141 cm³/mol. The topological polar surface area (TPSA) is 74.6 Å². The molecule has 0 spiro atoms. The molecule has 1 amide bonds. The Kier molecular flexibility index (Phi) is 8.81. The molecule has 0 atom stereocenters. The molecule has 4 rings (SSSR count). The third-order valence-electron chi connectivity index (χ3n) is 6.03. The van der Waals surface area contributed by atoms with Crippen molar-refractivity contribution in [1.82, 2.24) is 14.9 Å². The molecule has 1 aromatic heterocycles. The van der Waals surface area contributed by atoms with Gasteiger partial charge in [-0.05, 0) is 73.9 Å². The maximum atomic E-state index is 12.5. The Balaban J connectivity index is 1.28. The van der Waals surface area contributed by atoms with Crippen LogP contribution in [0.25, 0.3) is 11.0 Å². The van der Waals surface area contributed by atoms with E-state index >= 15 is 0 Å². The van der Waals surface area contributed by atoms with E-state index in [2.05, 4.69) is 16.0 Å². The summed E-state index contributed by atoms with van der Waals surface area (Å²) in [6.07, 6.45) is 3.51. The van der Waals surface area contributed by atoms with Crippen LogP contribution >= 0.6 is 0 Å². The number of ether oxygens (including phenoxy) is 3. The van der Waals surface area contributed by atoms with E-state index in [4.69, 9.17) is 19.2 Å². The van der Waals surface area contributed by atoms with E-state index in [1.54, 1.807) is 26.4 Å². The van der Waals surface area contributed by atoms with Crippen molar-refractivity contribution in [3.8, 4) is 17.2 Å². The standard InChI is InChI=1S/C29H33N3O4/c1-34-23-14-16-24(17-15-23)36-20-6-5-19-32-27-12-4-3-11-26(27)31-28(32)13-8-18-30-29(33)22-9-7-10-25(21-22)35-2/h3-4,7,9-12,14-17,21H,5-6,8,13,18-20H2,1-2H3,(H,30,33). The van der Waals surface area contributed by atoms with Crippen LogP contribution < -0.4 is 19.5 Å². The number of methoxy groups -OCH3 is 2. The van der Waals surface area contributed by atoms with E-state index in [1.807, 2.05) is 54.6 Å². The van der Waals surface area contributed by atoms with Gasteiger partial charge in [-0.25, -0.2) is 4.98 Å². The van der Waals surface area contributed by atoms with Crippen LogP contribution in [0.4, 0.5) is 0 Å². The minimum atomic E-state index is -0.0979. The van der Waals surface area contributed by atoms with Gasteiger partial charge >= 0.3 is 0 Å². The minimum absolute atomic E-state index is 0.0979. The molecule has 0 unspecified atom stereocenters. The number of hydrogen-bond donors (Lipinski definition) is 1. The highest BCUT2D eigenvalue weighted by atomic mass is 16.5. The summed E-state index contributed by atoms with van der Waals surface area (Å²) in [6.45, 7) is 2.11. The van der Waals surface area contributed by atoms with Crippen molar-refractivity contribution in [3.63, 3.8) is 0 Å².